The van der Waals surface area contributed by atoms with Crippen molar-refractivity contribution in [1.29, 1.82) is 0 Å². The van der Waals surface area contributed by atoms with Gasteiger partial charge in [-0.1, -0.05) is 6.07 Å². The van der Waals surface area contributed by atoms with E-state index in [4.69, 9.17) is 4.74 Å². The zero-order chi connectivity index (χ0) is 17.6. The topological polar surface area (TPSA) is 99.2 Å². The summed E-state index contributed by atoms with van der Waals surface area (Å²) in [5.41, 5.74) is 3.46. The molecule has 128 valence electrons. The molecule has 0 fully saturated rings. The van der Waals surface area contributed by atoms with Gasteiger partial charge >= 0.3 is 5.97 Å². The SMILES string of the molecule is CC1=C(C(=O)OCc2ccc3nonc3c2)C(C)n2ncnc2N1C. The lowest BCUT2D eigenvalue weighted by Crippen LogP contribution is -2.33. The van der Waals surface area contributed by atoms with E-state index in [0.29, 0.717) is 22.6 Å². The number of esters is 1. The maximum Gasteiger partial charge on any atom is 0.338 e. The summed E-state index contributed by atoms with van der Waals surface area (Å²) in [6, 6.07) is 5.14. The van der Waals surface area contributed by atoms with Crippen molar-refractivity contribution in [3.8, 4) is 0 Å². The molecule has 9 heteroatoms. The summed E-state index contributed by atoms with van der Waals surface area (Å²) >= 11 is 0. The number of carbonyl (C=O) groups excluding carboxylic acids is 1. The van der Waals surface area contributed by atoms with Crippen LogP contribution in [0.1, 0.15) is 25.5 Å². The minimum absolute atomic E-state index is 0.138. The molecule has 9 nitrogen and oxygen atoms in total. The van der Waals surface area contributed by atoms with E-state index < -0.39 is 0 Å². The molecule has 1 aromatic carbocycles. The molecule has 0 bridgehead atoms. The molecule has 2 aromatic heterocycles. The summed E-state index contributed by atoms with van der Waals surface area (Å²) in [5.74, 6) is 0.321. The number of aromatic nitrogens is 5. The van der Waals surface area contributed by atoms with E-state index in [1.165, 1.54) is 6.33 Å². The number of carbonyl (C=O) groups is 1. The second kappa shape index (κ2) is 5.69. The quantitative estimate of drug-likeness (QED) is 0.666. The van der Waals surface area contributed by atoms with Crippen LogP contribution in [0.3, 0.4) is 0 Å². The Labute approximate surface area is 142 Å². The van der Waals surface area contributed by atoms with Crippen LogP contribution in [0.25, 0.3) is 11.0 Å². The zero-order valence-corrected chi connectivity index (χ0v) is 14.0. The number of hydrogen-bond donors (Lipinski definition) is 0. The van der Waals surface area contributed by atoms with Crippen LogP contribution in [0.15, 0.2) is 40.4 Å². The monoisotopic (exact) mass is 340 g/mol. The van der Waals surface area contributed by atoms with Crippen LogP contribution in [-0.4, -0.2) is 38.1 Å². The number of hydrogen-bond acceptors (Lipinski definition) is 8. The molecule has 3 heterocycles. The van der Waals surface area contributed by atoms with E-state index in [1.807, 2.05) is 31.9 Å². The van der Waals surface area contributed by atoms with Gasteiger partial charge in [0.15, 0.2) is 0 Å². The fraction of sp³-hybridized carbons (Fsp3) is 0.312. The summed E-state index contributed by atoms with van der Waals surface area (Å²) in [7, 11) is 1.85. The van der Waals surface area contributed by atoms with Gasteiger partial charge in [0.25, 0.3) is 0 Å². The molecule has 0 saturated carbocycles. The maximum atomic E-state index is 12.7. The van der Waals surface area contributed by atoms with Gasteiger partial charge in [-0.3, -0.25) is 0 Å². The first kappa shape index (κ1) is 15.3. The van der Waals surface area contributed by atoms with Crippen LogP contribution in [0.5, 0.6) is 0 Å². The predicted molar refractivity (Wildman–Crippen MR) is 87.4 cm³/mol. The number of allylic oxidation sites excluding steroid dienone is 1. The van der Waals surface area contributed by atoms with E-state index in [-0.39, 0.29) is 18.6 Å². The fourth-order valence-corrected chi connectivity index (χ4v) is 2.98. The lowest BCUT2D eigenvalue weighted by atomic mass is 10.0. The Morgan fingerprint density at radius 1 is 1.32 bits per heavy atom. The second-order valence-electron chi connectivity index (χ2n) is 5.90. The third-order valence-electron chi connectivity index (χ3n) is 4.44. The van der Waals surface area contributed by atoms with Gasteiger partial charge in [0.1, 0.15) is 24.0 Å². The van der Waals surface area contributed by atoms with E-state index >= 15 is 0 Å². The number of fused-ring (bicyclic) bond motifs is 2. The fourth-order valence-electron chi connectivity index (χ4n) is 2.98. The largest absolute Gasteiger partial charge is 0.457 e. The number of benzene rings is 1. The molecular formula is C16H16N6O3. The molecule has 0 N–H and O–H groups in total. The first-order valence-corrected chi connectivity index (χ1v) is 7.78. The van der Waals surface area contributed by atoms with Crippen molar-refractivity contribution in [2.24, 2.45) is 0 Å². The Bertz CT molecular complexity index is 989. The van der Waals surface area contributed by atoms with Crippen LogP contribution < -0.4 is 4.90 Å². The van der Waals surface area contributed by atoms with Crippen molar-refractivity contribution in [1.82, 2.24) is 25.1 Å². The van der Waals surface area contributed by atoms with E-state index in [0.717, 1.165) is 11.3 Å². The van der Waals surface area contributed by atoms with Gasteiger partial charge in [0.2, 0.25) is 5.95 Å². The van der Waals surface area contributed by atoms with Crippen LogP contribution in [0.2, 0.25) is 0 Å². The summed E-state index contributed by atoms with van der Waals surface area (Å²) in [6.07, 6.45) is 1.48. The number of anilines is 1. The Balaban J connectivity index is 1.55. The highest BCUT2D eigenvalue weighted by Gasteiger charge is 2.32. The minimum atomic E-state index is -0.378. The second-order valence-corrected chi connectivity index (χ2v) is 5.90. The number of nitrogens with zero attached hydrogens (tertiary/aromatic N) is 6. The van der Waals surface area contributed by atoms with Gasteiger partial charge in [-0.15, -0.1) is 0 Å². The lowest BCUT2D eigenvalue weighted by Gasteiger charge is -2.31. The van der Waals surface area contributed by atoms with Crippen LogP contribution >= 0.6 is 0 Å². The summed E-state index contributed by atoms with van der Waals surface area (Å²) in [4.78, 5) is 18.7. The van der Waals surface area contributed by atoms with Crippen molar-refractivity contribution in [2.45, 2.75) is 26.5 Å². The Hall–Kier alpha value is -3.23. The van der Waals surface area contributed by atoms with Gasteiger partial charge in [-0.2, -0.15) is 10.1 Å². The summed E-state index contributed by atoms with van der Waals surface area (Å²) in [6.45, 7) is 3.91. The molecule has 1 aliphatic rings. The molecular weight excluding hydrogens is 324 g/mol. The normalized spacial score (nSPS) is 17.1. The van der Waals surface area contributed by atoms with E-state index in [9.17, 15) is 4.79 Å². The molecule has 3 aromatic rings. The average Bonchev–Trinajstić information content (AvgIpc) is 3.26. The number of ether oxygens (including phenoxy) is 1. The van der Waals surface area contributed by atoms with Gasteiger partial charge in [-0.05, 0) is 41.9 Å². The van der Waals surface area contributed by atoms with Gasteiger partial charge in [-0.25, -0.2) is 14.1 Å². The highest BCUT2D eigenvalue weighted by Crippen LogP contribution is 2.32. The Morgan fingerprint density at radius 3 is 2.96 bits per heavy atom. The first-order chi connectivity index (χ1) is 12.1. The highest BCUT2D eigenvalue weighted by atomic mass is 16.6. The van der Waals surface area contributed by atoms with Gasteiger partial charge in [0.05, 0.1) is 11.6 Å². The highest BCUT2D eigenvalue weighted by molar-refractivity contribution is 5.91. The lowest BCUT2D eigenvalue weighted by molar-refractivity contribution is -0.141. The Kier molecular flexibility index (Phi) is 3.48. The van der Waals surface area contributed by atoms with Crippen LogP contribution in [0, 0.1) is 0 Å². The molecule has 1 unspecified atom stereocenters. The van der Waals surface area contributed by atoms with Crippen LogP contribution in [0.4, 0.5) is 5.95 Å². The first-order valence-electron chi connectivity index (χ1n) is 7.78. The summed E-state index contributed by atoms with van der Waals surface area (Å²) < 4.78 is 11.9. The van der Waals surface area contributed by atoms with Crippen molar-refractivity contribution in [2.75, 3.05) is 11.9 Å². The Morgan fingerprint density at radius 2 is 2.12 bits per heavy atom. The molecule has 25 heavy (non-hydrogen) atoms. The smallest absolute Gasteiger partial charge is 0.338 e. The van der Waals surface area contributed by atoms with Crippen molar-refractivity contribution < 1.29 is 14.2 Å². The molecule has 4 rings (SSSR count). The summed E-state index contributed by atoms with van der Waals surface area (Å²) in [5, 5.41) is 11.7. The van der Waals surface area contributed by atoms with Crippen molar-refractivity contribution in [3.05, 3.63) is 41.4 Å². The minimum Gasteiger partial charge on any atom is -0.457 e. The van der Waals surface area contributed by atoms with E-state index in [1.54, 1.807) is 16.8 Å². The number of rotatable bonds is 3. The third kappa shape index (κ3) is 2.44. The van der Waals surface area contributed by atoms with E-state index in [2.05, 4.69) is 25.0 Å². The standard InChI is InChI=1S/C16H16N6O3/c1-9-14(10(2)22-16(21(9)3)17-8-18-22)15(23)24-7-11-4-5-12-13(6-11)20-25-19-12/h4-6,8,10H,7H2,1-3H3. The molecule has 1 atom stereocenters. The molecule has 0 radical (unpaired) electrons. The van der Waals surface area contributed by atoms with Crippen LogP contribution in [-0.2, 0) is 16.1 Å². The van der Waals surface area contributed by atoms with Gasteiger partial charge in [0, 0.05) is 12.7 Å². The molecule has 0 spiro atoms. The third-order valence-corrected chi connectivity index (χ3v) is 4.44. The van der Waals surface area contributed by atoms with Crippen molar-refractivity contribution >= 4 is 23.0 Å². The molecule has 0 aliphatic carbocycles. The van der Waals surface area contributed by atoms with Gasteiger partial charge < -0.3 is 9.64 Å². The maximum absolute atomic E-state index is 12.7. The molecule has 0 amide bonds. The van der Waals surface area contributed by atoms with Crippen molar-refractivity contribution in [3.63, 3.8) is 0 Å². The molecule has 0 saturated heterocycles. The molecule has 1 aliphatic heterocycles. The average molecular weight is 340 g/mol. The predicted octanol–water partition coefficient (Wildman–Crippen LogP) is 1.84. The zero-order valence-electron chi connectivity index (χ0n) is 14.0.